The Kier molecular flexibility index (Phi) is 20.8. The van der Waals surface area contributed by atoms with Crippen LogP contribution in [0.5, 0.6) is 0 Å². The third-order valence-electron chi connectivity index (χ3n) is 4.67. The first-order valence-electron chi connectivity index (χ1n) is 10.8. The van der Waals surface area contributed by atoms with E-state index in [2.05, 4.69) is 19.2 Å². The second-order valence-corrected chi connectivity index (χ2v) is 7.04. The smallest absolute Gasteiger partial charge is 0.107 e. The summed E-state index contributed by atoms with van der Waals surface area (Å²) in [6, 6.07) is 0. The van der Waals surface area contributed by atoms with E-state index in [-0.39, 0.29) is 12.8 Å². The van der Waals surface area contributed by atoms with E-state index in [0.717, 1.165) is 19.4 Å². The van der Waals surface area contributed by atoms with Crippen molar-refractivity contribution in [3.63, 3.8) is 0 Å². The normalized spacial score (nSPS) is 12.6. The first kappa shape index (κ1) is 23.9. The predicted molar refractivity (Wildman–Crippen MR) is 105 cm³/mol. The minimum absolute atomic E-state index is 0.110. The van der Waals surface area contributed by atoms with E-state index in [9.17, 15) is 0 Å². The molecule has 0 rings (SSSR count). The first-order valence-corrected chi connectivity index (χ1v) is 10.8. The summed E-state index contributed by atoms with van der Waals surface area (Å²) in [4.78, 5) is 0. The van der Waals surface area contributed by atoms with E-state index >= 15 is 0 Å². The van der Waals surface area contributed by atoms with Gasteiger partial charge in [-0.15, -0.1) is 0 Å². The molecule has 0 saturated carbocycles. The fourth-order valence-electron chi connectivity index (χ4n) is 3.07. The van der Waals surface area contributed by atoms with Gasteiger partial charge in [0.25, 0.3) is 0 Å². The molecule has 0 aliphatic carbocycles. The van der Waals surface area contributed by atoms with Crippen molar-refractivity contribution in [2.75, 3.05) is 19.8 Å². The number of aliphatic hydroxyl groups excluding tert-OH is 1. The quantitative estimate of drug-likeness (QED) is 0.217. The van der Waals surface area contributed by atoms with Crippen LogP contribution in [0.1, 0.15) is 110 Å². The zero-order chi connectivity index (χ0) is 17.7. The molecule has 1 unspecified atom stereocenters. The summed E-state index contributed by atoms with van der Waals surface area (Å²) in [6.45, 7) is 6.04. The number of aliphatic hydroxyl groups is 1. The van der Waals surface area contributed by atoms with Crippen LogP contribution < -0.4 is 5.32 Å². The zero-order valence-corrected chi connectivity index (χ0v) is 16.7. The summed E-state index contributed by atoms with van der Waals surface area (Å²) in [6.07, 6.45) is 20.5. The second kappa shape index (κ2) is 20.9. The minimum atomic E-state index is 0.110. The lowest BCUT2D eigenvalue weighted by atomic mass is 10.0. The fourth-order valence-corrected chi connectivity index (χ4v) is 3.07. The highest BCUT2D eigenvalue weighted by Gasteiger charge is 2.03. The summed E-state index contributed by atoms with van der Waals surface area (Å²) < 4.78 is 5.78. The van der Waals surface area contributed by atoms with Crippen molar-refractivity contribution in [2.45, 2.75) is 116 Å². The topological polar surface area (TPSA) is 41.5 Å². The molecule has 3 heteroatoms. The average Bonchev–Trinajstić information content (AvgIpc) is 2.61. The van der Waals surface area contributed by atoms with Crippen LogP contribution >= 0.6 is 0 Å². The average molecular weight is 344 g/mol. The lowest BCUT2D eigenvalue weighted by Gasteiger charge is -2.17. The van der Waals surface area contributed by atoms with E-state index in [1.807, 2.05) is 0 Å². The molecule has 0 aliphatic heterocycles. The molecule has 0 radical (unpaired) electrons. The van der Waals surface area contributed by atoms with Crippen molar-refractivity contribution in [1.82, 2.24) is 5.32 Å². The Morgan fingerprint density at radius 1 is 0.708 bits per heavy atom. The number of rotatable bonds is 20. The fraction of sp³-hybridized carbons (Fsp3) is 1.00. The molecular formula is C21H45NO2. The van der Waals surface area contributed by atoms with Gasteiger partial charge in [0.15, 0.2) is 0 Å². The molecule has 0 fully saturated rings. The third kappa shape index (κ3) is 18.2. The van der Waals surface area contributed by atoms with Gasteiger partial charge in [0.2, 0.25) is 0 Å². The Morgan fingerprint density at radius 2 is 1.17 bits per heavy atom. The first-order chi connectivity index (χ1) is 11.8. The van der Waals surface area contributed by atoms with Crippen molar-refractivity contribution >= 4 is 0 Å². The lowest BCUT2D eigenvalue weighted by Crippen LogP contribution is -2.33. The van der Waals surface area contributed by atoms with Crippen LogP contribution in [0.15, 0.2) is 0 Å². The largest absolute Gasteiger partial charge is 0.395 e. The van der Waals surface area contributed by atoms with Crippen molar-refractivity contribution in [1.29, 1.82) is 0 Å². The van der Waals surface area contributed by atoms with Crippen LogP contribution in [-0.4, -0.2) is 31.1 Å². The van der Waals surface area contributed by atoms with Gasteiger partial charge in [-0.2, -0.15) is 0 Å². The Labute approximate surface area is 151 Å². The van der Waals surface area contributed by atoms with E-state index in [1.54, 1.807) is 0 Å². The summed E-state index contributed by atoms with van der Waals surface area (Å²) in [5, 5.41) is 12.0. The van der Waals surface area contributed by atoms with E-state index in [1.165, 1.54) is 83.5 Å². The Morgan fingerprint density at radius 3 is 1.58 bits per heavy atom. The molecule has 0 heterocycles. The van der Waals surface area contributed by atoms with Crippen LogP contribution in [0.4, 0.5) is 0 Å². The highest BCUT2D eigenvalue weighted by molar-refractivity contribution is 4.53. The number of hydrogen-bond acceptors (Lipinski definition) is 3. The molecule has 146 valence electrons. The number of unbranched alkanes of at least 4 members (excludes halogenated alkanes) is 13. The molecule has 24 heavy (non-hydrogen) atoms. The van der Waals surface area contributed by atoms with Crippen molar-refractivity contribution in [3.05, 3.63) is 0 Å². The summed E-state index contributed by atoms with van der Waals surface area (Å²) in [5.74, 6) is 0. The highest BCUT2D eigenvalue weighted by atomic mass is 16.5. The molecule has 2 N–H and O–H groups in total. The standard InChI is InChI=1S/C21H45NO2/c1-3-5-6-7-8-9-10-11-12-13-14-15-16-17-20-24-21(4-2)22-18-19-23/h21-23H,3-20H2,1-2H3. The van der Waals surface area contributed by atoms with E-state index < -0.39 is 0 Å². The third-order valence-corrected chi connectivity index (χ3v) is 4.67. The van der Waals surface area contributed by atoms with Gasteiger partial charge in [0, 0.05) is 13.2 Å². The zero-order valence-electron chi connectivity index (χ0n) is 16.7. The molecule has 0 aliphatic rings. The number of hydrogen-bond donors (Lipinski definition) is 2. The van der Waals surface area contributed by atoms with Gasteiger partial charge in [0.1, 0.15) is 6.23 Å². The predicted octanol–water partition coefficient (Wildman–Crippen LogP) is 5.80. The Bertz CT molecular complexity index is 224. The lowest BCUT2D eigenvalue weighted by molar-refractivity contribution is 0.0223. The van der Waals surface area contributed by atoms with Crippen LogP contribution in [0.3, 0.4) is 0 Å². The maximum atomic E-state index is 8.80. The maximum absolute atomic E-state index is 8.80. The monoisotopic (exact) mass is 343 g/mol. The number of nitrogens with one attached hydrogen (secondary N) is 1. The van der Waals surface area contributed by atoms with Gasteiger partial charge >= 0.3 is 0 Å². The summed E-state index contributed by atoms with van der Waals surface area (Å²) >= 11 is 0. The molecule has 3 nitrogen and oxygen atoms in total. The molecule has 0 aromatic carbocycles. The number of ether oxygens (including phenoxy) is 1. The van der Waals surface area contributed by atoms with Gasteiger partial charge in [0.05, 0.1) is 6.61 Å². The summed E-state index contributed by atoms with van der Waals surface area (Å²) in [7, 11) is 0. The van der Waals surface area contributed by atoms with E-state index in [0.29, 0.717) is 6.54 Å². The summed E-state index contributed by atoms with van der Waals surface area (Å²) in [5.41, 5.74) is 0. The Hall–Kier alpha value is -0.120. The van der Waals surface area contributed by atoms with Crippen LogP contribution in [0, 0.1) is 0 Å². The van der Waals surface area contributed by atoms with Gasteiger partial charge in [-0.3, -0.25) is 5.32 Å². The highest BCUT2D eigenvalue weighted by Crippen LogP contribution is 2.13. The van der Waals surface area contributed by atoms with Crippen LogP contribution in [0.25, 0.3) is 0 Å². The van der Waals surface area contributed by atoms with Gasteiger partial charge < -0.3 is 9.84 Å². The molecule has 0 aromatic rings. The molecule has 0 bridgehead atoms. The molecule has 1 atom stereocenters. The van der Waals surface area contributed by atoms with Gasteiger partial charge in [-0.1, -0.05) is 97.3 Å². The molecule has 0 saturated heterocycles. The van der Waals surface area contributed by atoms with Crippen molar-refractivity contribution < 1.29 is 9.84 Å². The second-order valence-electron chi connectivity index (χ2n) is 7.04. The molecule has 0 spiro atoms. The van der Waals surface area contributed by atoms with Crippen LogP contribution in [-0.2, 0) is 4.74 Å². The molecule has 0 amide bonds. The van der Waals surface area contributed by atoms with E-state index in [4.69, 9.17) is 9.84 Å². The molecule has 0 aromatic heterocycles. The van der Waals surface area contributed by atoms with Crippen LogP contribution in [0.2, 0.25) is 0 Å². The van der Waals surface area contributed by atoms with Gasteiger partial charge in [-0.25, -0.2) is 0 Å². The maximum Gasteiger partial charge on any atom is 0.107 e. The van der Waals surface area contributed by atoms with Crippen molar-refractivity contribution in [2.24, 2.45) is 0 Å². The Balaban J connectivity index is 3.12. The minimum Gasteiger partial charge on any atom is -0.395 e. The SMILES string of the molecule is CCCCCCCCCCCCCCCCOC(CC)NCCO. The van der Waals surface area contributed by atoms with Gasteiger partial charge in [-0.05, 0) is 12.8 Å². The van der Waals surface area contributed by atoms with Crippen molar-refractivity contribution in [3.8, 4) is 0 Å². The molecular weight excluding hydrogens is 298 g/mol.